The maximum Gasteiger partial charge on any atom is 0.245 e. The fourth-order valence-electron chi connectivity index (χ4n) is 2.70. The van der Waals surface area contributed by atoms with Gasteiger partial charge in [0, 0.05) is 18.8 Å². The van der Waals surface area contributed by atoms with Crippen molar-refractivity contribution in [1.29, 1.82) is 0 Å². The lowest BCUT2D eigenvalue weighted by Gasteiger charge is -2.21. The molecule has 2 aromatic rings. The molecule has 2 heterocycles. The summed E-state index contributed by atoms with van der Waals surface area (Å²) in [6, 6.07) is 11.1. The van der Waals surface area contributed by atoms with Crippen molar-refractivity contribution < 1.29 is 17.9 Å². The molecule has 0 aliphatic carbocycles. The number of rotatable bonds is 5. The number of carbonyl (C=O) groups excluding carboxylic acids is 1. The number of nitrogens with zero attached hydrogens (tertiary/aromatic N) is 2. The summed E-state index contributed by atoms with van der Waals surface area (Å²) in [5.74, 6) is -0.0760. The van der Waals surface area contributed by atoms with Crippen LogP contribution in [0.2, 0.25) is 0 Å². The highest BCUT2D eigenvalue weighted by Gasteiger charge is 2.44. The highest BCUT2D eigenvalue weighted by Crippen LogP contribution is 2.28. The molecule has 8 heteroatoms. The number of benzene rings is 1. The van der Waals surface area contributed by atoms with Crippen LogP contribution in [0.4, 0.5) is 0 Å². The van der Waals surface area contributed by atoms with Crippen molar-refractivity contribution >= 4 is 15.9 Å². The normalized spacial score (nSPS) is 21.5. The van der Waals surface area contributed by atoms with Gasteiger partial charge in [0.25, 0.3) is 0 Å². The third-order valence-electron chi connectivity index (χ3n) is 3.83. The number of hydrogen-bond acceptors (Lipinski definition) is 5. The minimum atomic E-state index is -3.87. The van der Waals surface area contributed by atoms with Crippen LogP contribution in [-0.2, 0) is 14.8 Å². The van der Waals surface area contributed by atoms with Crippen LogP contribution in [0.25, 0.3) is 0 Å². The number of pyridine rings is 1. The highest BCUT2D eigenvalue weighted by molar-refractivity contribution is 7.89. The third-order valence-corrected chi connectivity index (χ3v) is 5.69. The maximum atomic E-state index is 12.8. The van der Waals surface area contributed by atoms with Crippen LogP contribution in [0.5, 0.6) is 5.75 Å². The van der Waals surface area contributed by atoms with E-state index in [9.17, 15) is 13.2 Å². The van der Waals surface area contributed by atoms with Gasteiger partial charge >= 0.3 is 0 Å². The summed E-state index contributed by atoms with van der Waals surface area (Å²) in [6.45, 7) is 0.0553. The molecule has 1 aromatic carbocycles. The third kappa shape index (κ3) is 3.24. The van der Waals surface area contributed by atoms with E-state index in [0.717, 1.165) is 4.31 Å². The fourth-order valence-corrected chi connectivity index (χ4v) is 4.31. The first-order chi connectivity index (χ1) is 11.5. The summed E-state index contributed by atoms with van der Waals surface area (Å²) >= 11 is 0. The Morgan fingerprint density at radius 2 is 1.96 bits per heavy atom. The number of ether oxygens (including phenoxy) is 1. The van der Waals surface area contributed by atoms with Gasteiger partial charge in [-0.1, -0.05) is 18.2 Å². The van der Waals surface area contributed by atoms with Crippen LogP contribution in [0.1, 0.15) is 6.42 Å². The lowest BCUT2D eigenvalue weighted by Crippen LogP contribution is -2.43. The average Bonchev–Trinajstić information content (AvgIpc) is 3.01. The Morgan fingerprint density at radius 1 is 1.21 bits per heavy atom. The van der Waals surface area contributed by atoms with E-state index in [1.807, 2.05) is 18.2 Å². The minimum absolute atomic E-state index is 0.0246. The van der Waals surface area contributed by atoms with Crippen LogP contribution in [0, 0.1) is 0 Å². The van der Waals surface area contributed by atoms with Crippen LogP contribution in [0.3, 0.4) is 0 Å². The van der Waals surface area contributed by atoms with E-state index in [1.54, 1.807) is 12.1 Å². The molecule has 1 amide bonds. The molecule has 2 atom stereocenters. The van der Waals surface area contributed by atoms with Crippen molar-refractivity contribution in [3.8, 4) is 5.75 Å². The van der Waals surface area contributed by atoms with Gasteiger partial charge in [-0.25, -0.2) is 8.42 Å². The number of sulfonamides is 1. The Hall–Kier alpha value is -2.45. The molecule has 126 valence electrons. The van der Waals surface area contributed by atoms with Crippen molar-refractivity contribution in [2.24, 2.45) is 5.73 Å². The van der Waals surface area contributed by atoms with E-state index in [-0.39, 0.29) is 17.9 Å². The maximum absolute atomic E-state index is 12.8. The zero-order chi connectivity index (χ0) is 17.2. The zero-order valence-electron chi connectivity index (χ0n) is 12.8. The number of carbonyl (C=O) groups is 1. The second kappa shape index (κ2) is 6.58. The molecule has 0 unspecified atom stereocenters. The minimum Gasteiger partial charge on any atom is -0.489 e. The quantitative estimate of drug-likeness (QED) is 0.861. The number of hydrogen-bond donors (Lipinski definition) is 1. The van der Waals surface area contributed by atoms with Gasteiger partial charge in [0.05, 0.1) is 6.54 Å². The Balaban J connectivity index is 1.85. The van der Waals surface area contributed by atoms with Gasteiger partial charge < -0.3 is 10.5 Å². The molecule has 2 N–H and O–H groups in total. The topological polar surface area (TPSA) is 103 Å². The Bertz CT molecular complexity index is 812. The number of aromatic nitrogens is 1. The molecule has 24 heavy (non-hydrogen) atoms. The molecule has 0 saturated carbocycles. The van der Waals surface area contributed by atoms with Crippen LogP contribution < -0.4 is 10.5 Å². The van der Waals surface area contributed by atoms with E-state index < -0.39 is 28.1 Å². The number of amides is 1. The second-order valence-electron chi connectivity index (χ2n) is 5.47. The molecule has 0 spiro atoms. The van der Waals surface area contributed by atoms with Gasteiger partial charge in [-0.2, -0.15) is 4.31 Å². The summed E-state index contributed by atoms with van der Waals surface area (Å²) < 4.78 is 32.4. The van der Waals surface area contributed by atoms with Crippen LogP contribution in [0.15, 0.2) is 59.8 Å². The number of primary amides is 1. The summed E-state index contributed by atoms with van der Waals surface area (Å²) in [5.41, 5.74) is 5.40. The molecule has 0 bridgehead atoms. The van der Waals surface area contributed by atoms with E-state index in [2.05, 4.69) is 4.98 Å². The lowest BCUT2D eigenvalue weighted by atomic mass is 10.2. The van der Waals surface area contributed by atoms with Gasteiger partial charge in [0.1, 0.15) is 22.8 Å². The summed E-state index contributed by atoms with van der Waals surface area (Å²) in [6.07, 6.45) is 2.50. The summed E-state index contributed by atoms with van der Waals surface area (Å²) in [4.78, 5) is 15.6. The molecule has 7 nitrogen and oxygen atoms in total. The van der Waals surface area contributed by atoms with Gasteiger partial charge in [0.2, 0.25) is 15.9 Å². The van der Waals surface area contributed by atoms with E-state index >= 15 is 0 Å². The van der Waals surface area contributed by atoms with Gasteiger partial charge in [-0.05, 0) is 24.3 Å². The van der Waals surface area contributed by atoms with E-state index in [4.69, 9.17) is 10.5 Å². The first-order valence-corrected chi connectivity index (χ1v) is 8.85. The van der Waals surface area contributed by atoms with E-state index in [0.29, 0.717) is 5.75 Å². The molecule has 1 aromatic heterocycles. The van der Waals surface area contributed by atoms with Gasteiger partial charge in [-0.15, -0.1) is 0 Å². The molecule has 3 rings (SSSR count). The van der Waals surface area contributed by atoms with Crippen LogP contribution in [-0.4, -0.2) is 42.3 Å². The van der Waals surface area contributed by atoms with Crippen molar-refractivity contribution in [1.82, 2.24) is 9.29 Å². The molecule has 0 radical (unpaired) electrons. The summed E-state index contributed by atoms with van der Waals surface area (Å²) in [5, 5.41) is 0. The number of nitrogens with two attached hydrogens (primary N) is 1. The Labute approximate surface area is 140 Å². The summed E-state index contributed by atoms with van der Waals surface area (Å²) in [7, 11) is -3.87. The Kier molecular flexibility index (Phi) is 4.50. The SMILES string of the molecule is NC(=O)[C@@H]1C[C@H](Oc2ccccc2)CN1S(=O)(=O)c1cccnc1. The predicted octanol–water partition coefficient (Wildman–Crippen LogP) is 0.777. The first kappa shape index (κ1) is 16.4. The standard InChI is InChI=1S/C16H17N3O4S/c17-16(20)15-9-13(23-12-5-2-1-3-6-12)11-19(15)24(21,22)14-7-4-8-18-10-14/h1-8,10,13,15H,9,11H2,(H2,17,20)/t13-,15-/m0/s1. The highest BCUT2D eigenvalue weighted by atomic mass is 32.2. The zero-order valence-corrected chi connectivity index (χ0v) is 13.6. The Morgan fingerprint density at radius 3 is 2.58 bits per heavy atom. The van der Waals surface area contributed by atoms with Crippen molar-refractivity contribution in [2.45, 2.75) is 23.5 Å². The van der Waals surface area contributed by atoms with Crippen molar-refractivity contribution in [2.75, 3.05) is 6.54 Å². The smallest absolute Gasteiger partial charge is 0.245 e. The molecule has 1 aliphatic rings. The van der Waals surface area contributed by atoms with E-state index in [1.165, 1.54) is 24.5 Å². The molecule has 1 saturated heterocycles. The fraction of sp³-hybridized carbons (Fsp3) is 0.250. The average molecular weight is 347 g/mol. The van der Waals surface area contributed by atoms with Crippen LogP contribution >= 0.6 is 0 Å². The van der Waals surface area contributed by atoms with Gasteiger partial charge in [0.15, 0.2) is 0 Å². The number of para-hydroxylation sites is 1. The lowest BCUT2D eigenvalue weighted by molar-refractivity contribution is -0.121. The molecule has 1 aliphatic heterocycles. The monoisotopic (exact) mass is 347 g/mol. The van der Waals surface area contributed by atoms with Gasteiger partial charge in [-0.3, -0.25) is 9.78 Å². The predicted molar refractivity (Wildman–Crippen MR) is 86.6 cm³/mol. The van der Waals surface area contributed by atoms with Crippen molar-refractivity contribution in [3.05, 3.63) is 54.9 Å². The van der Waals surface area contributed by atoms with Crippen molar-refractivity contribution in [3.63, 3.8) is 0 Å². The first-order valence-electron chi connectivity index (χ1n) is 7.41. The molecule has 1 fully saturated rings. The molecular formula is C16H17N3O4S. The second-order valence-corrected chi connectivity index (χ2v) is 7.36. The molecular weight excluding hydrogens is 330 g/mol. The largest absolute Gasteiger partial charge is 0.489 e.